The van der Waals surface area contributed by atoms with Crippen LogP contribution in [-0.4, -0.2) is 15.5 Å². The Hall–Kier alpha value is -0.580. The summed E-state index contributed by atoms with van der Waals surface area (Å²) in [5.41, 5.74) is 0. The Kier molecular flexibility index (Phi) is 5.76. The standard InChI is InChI=1S/C7H8ClNO2S.C2H6/c1-9-12(10,11)7-4-2-3-6(8)5-7;1-2/h2-5,9H,1H3;1-2H3. The number of nitrogens with one attached hydrogen (secondary N) is 1. The molecule has 0 fully saturated rings. The zero-order valence-electron chi connectivity index (χ0n) is 8.41. The van der Waals surface area contributed by atoms with Crippen LogP contribution in [0.2, 0.25) is 5.02 Å². The van der Waals surface area contributed by atoms with Crippen molar-refractivity contribution in [3.63, 3.8) is 0 Å². The molecule has 3 nitrogen and oxygen atoms in total. The van der Waals surface area contributed by atoms with Gasteiger partial charge in [-0.1, -0.05) is 31.5 Å². The van der Waals surface area contributed by atoms with E-state index in [1.54, 1.807) is 12.1 Å². The molecule has 0 heterocycles. The zero-order valence-corrected chi connectivity index (χ0v) is 9.98. The largest absolute Gasteiger partial charge is 0.240 e. The van der Waals surface area contributed by atoms with Crippen molar-refractivity contribution in [1.29, 1.82) is 0 Å². The van der Waals surface area contributed by atoms with Gasteiger partial charge in [-0.05, 0) is 25.2 Å². The van der Waals surface area contributed by atoms with Crippen molar-refractivity contribution in [3.8, 4) is 0 Å². The van der Waals surface area contributed by atoms with E-state index in [4.69, 9.17) is 11.6 Å². The number of benzene rings is 1. The van der Waals surface area contributed by atoms with Crippen molar-refractivity contribution in [2.24, 2.45) is 0 Å². The van der Waals surface area contributed by atoms with Crippen LogP contribution in [0.1, 0.15) is 13.8 Å². The molecule has 0 saturated heterocycles. The Balaban J connectivity index is 0.000000791. The van der Waals surface area contributed by atoms with Gasteiger partial charge in [-0.2, -0.15) is 0 Å². The molecule has 0 saturated carbocycles. The van der Waals surface area contributed by atoms with Gasteiger partial charge in [-0.15, -0.1) is 0 Å². The molecule has 0 aliphatic rings. The molecular formula is C9H14ClNO2S. The van der Waals surface area contributed by atoms with Gasteiger partial charge in [0.25, 0.3) is 0 Å². The van der Waals surface area contributed by atoms with Crippen molar-refractivity contribution in [1.82, 2.24) is 4.72 Å². The number of hydrogen-bond donors (Lipinski definition) is 1. The maximum Gasteiger partial charge on any atom is 0.240 e. The molecule has 5 heteroatoms. The highest BCUT2D eigenvalue weighted by molar-refractivity contribution is 7.89. The van der Waals surface area contributed by atoms with Crippen LogP contribution < -0.4 is 4.72 Å². The minimum Gasteiger partial charge on any atom is -0.214 e. The molecule has 0 aromatic heterocycles. The van der Waals surface area contributed by atoms with Crippen LogP contribution in [0.15, 0.2) is 29.2 Å². The first-order chi connectivity index (χ1) is 6.56. The summed E-state index contributed by atoms with van der Waals surface area (Å²) in [6, 6.07) is 6.09. The molecule has 0 unspecified atom stereocenters. The monoisotopic (exact) mass is 235 g/mol. The minimum atomic E-state index is -3.36. The number of rotatable bonds is 2. The predicted octanol–water partition coefficient (Wildman–Crippen LogP) is 2.27. The lowest BCUT2D eigenvalue weighted by Gasteiger charge is -2.01. The summed E-state index contributed by atoms with van der Waals surface area (Å²) >= 11 is 5.62. The Bertz CT molecular complexity index is 376. The molecular weight excluding hydrogens is 222 g/mol. The van der Waals surface area contributed by atoms with Gasteiger partial charge < -0.3 is 0 Å². The highest BCUT2D eigenvalue weighted by Gasteiger charge is 2.10. The predicted molar refractivity (Wildman–Crippen MR) is 59.0 cm³/mol. The van der Waals surface area contributed by atoms with E-state index < -0.39 is 10.0 Å². The first-order valence-corrected chi connectivity index (χ1v) is 6.11. The fourth-order valence-electron chi connectivity index (χ4n) is 0.752. The van der Waals surface area contributed by atoms with Crippen LogP contribution in [0.5, 0.6) is 0 Å². The van der Waals surface area contributed by atoms with Crippen molar-refractivity contribution in [3.05, 3.63) is 29.3 Å². The van der Waals surface area contributed by atoms with Gasteiger partial charge in [0.15, 0.2) is 0 Å². The first kappa shape index (κ1) is 13.4. The molecule has 0 aliphatic heterocycles. The topological polar surface area (TPSA) is 46.2 Å². The average Bonchev–Trinajstić information content (AvgIpc) is 2.21. The molecule has 1 aromatic rings. The summed E-state index contributed by atoms with van der Waals surface area (Å²) in [5, 5.41) is 0.409. The lowest BCUT2D eigenvalue weighted by molar-refractivity contribution is 0.588. The molecule has 0 spiro atoms. The number of sulfonamides is 1. The Morgan fingerprint density at radius 2 is 1.86 bits per heavy atom. The van der Waals surface area contributed by atoms with E-state index in [-0.39, 0.29) is 4.90 Å². The lowest BCUT2D eigenvalue weighted by Crippen LogP contribution is -2.18. The summed E-state index contributed by atoms with van der Waals surface area (Å²) in [6.45, 7) is 4.00. The van der Waals surface area contributed by atoms with E-state index in [1.807, 2.05) is 13.8 Å². The Morgan fingerprint density at radius 3 is 2.29 bits per heavy atom. The molecule has 0 bridgehead atoms. The quantitative estimate of drug-likeness (QED) is 0.855. The fourth-order valence-corrected chi connectivity index (χ4v) is 1.78. The summed E-state index contributed by atoms with van der Waals surface area (Å²) in [4.78, 5) is 0.178. The van der Waals surface area contributed by atoms with E-state index in [2.05, 4.69) is 4.72 Å². The normalized spacial score (nSPS) is 10.3. The molecule has 1 aromatic carbocycles. The van der Waals surface area contributed by atoms with Gasteiger partial charge in [-0.3, -0.25) is 0 Å². The van der Waals surface area contributed by atoms with Crippen LogP contribution in [0, 0.1) is 0 Å². The smallest absolute Gasteiger partial charge is 0.214 e. The van der Waals surface area contributed by atoms with E-state index in [0.29, 0.717) is 5.02 Å². The maximum absolute atomic E-state index is 11.2. The number of halogens is 1. The summed E-state index contributed by atoms with van der Waals surface area (Å²) < 4.78 is 24.6. The van der Waals surface area contributed by atoms with Crippen LogP contribution in [-0.2, 0) is 10.0 Å². The highest BCUT2D eigenvalue weighted by Crippen LogP contribution is 2.14. The zero-order chi connectivity index (χ0) is 11.2. The molecule has 0 atom stereocenters. The van der Waals surface area contributed by atoms with Crippen LogP contribution >= 0.6 is 11.6 Å². The second-order valence-corrected chi connectivity index (χ2v) is 4.49. The highest BCUT2D eigenvalue weighted by atomic mass is 35.5. The van der Waals surface area contributed by atoms with Crippen LogP contribution in [0.3, 0.4) is 0 Å². The molecule has 0 amide bonds. The third-order valence-electron chi connectivity index (χ3n) is 1.38. The fraction of sp³-hybridized carbons (Fsp3) is 0.333. The molecule has 1 rings (SSSR count). The van der Waals surface area contributed by atoms with Gasteiger partial charge in [-0.25, -0.2) is 13.1 Å². The third kappa shape index (κ3) is 3.65. The van der Waals surface area contributed by atoms with Crippen LogP contribution in [0.25, 0.3) is 0 Å². The first-order valence-electron chi connectivity index (χ1n) is 4.25. The van der Waals surface area contributed by atoms with Crippen molar-refractivity contribution >= 4 is 21.6 Å². The summed E-state index contributed by atoms with van der Waals surface area (Å²) in [5.74, 6) is 0. The summed E-state index contributed by atoms with van der Waals surface area (Å²) in [7, 11) is -2.00. The SMILES string of the molecule is CC.CNS(=O)(=O)c1cccc(Cl)c1. The summed E-state index contributed by atoms with van der Waals surface area (Å²) in [6.07, 6.45) is 0. The number of hydrogen-bond acceptors (Lipinski definition) is 2. The Labute approximate surface area is 90.1 Å². The van der Waals surface area contributed by atoms with E-state index in [1.165, 1.54) is 19.2 Å². The molecule has 80 valence electrons. The van der Waals surface area contributed by atoms with Crippen molar-refractivity contribution in [2.45, 2.75) is 18.7 Å². The van der Waals surface area contributed by atoms with Crippen LogP contribution in [0.4, 0.5) is 0 Å². The molecule has 0 radical (unpaired) electrons. The van der Waals surface area contributed by atoms with Gasteiger partial charge in [0.2, 0.25) is 10.0 Å². The average molecular weight is 236 g/mol. The van der Waals surface area contributed by atoms with Crippen molar-refractivity contribution < 1.29 is 8.42 Å². The molecule has 1 N–H and O–H groups in total. The minimum absolute atomic E-state index is 0.178. The van der Waals surface area contributed by atoms with Gasteiger partial charge in [0.05, 0.1) is 4.90 Å². The lowest BCUT2D eigenvalue weighted by atomic mass is 10.4. The van der Waals surface area contributed by atoms with E-state index in [0.717, 1.165) is 0 Å². The molecule has 0 aliphatic carbocycles. The maximum atomic E-state index is 11.2. The van der Waals surface area contributed by atoms with E-state index in [9.17, 15) is 8.42 Å². The van der Waals surface area contributed by atoms with E-state index >= 15 is 0 Å². The van der Waals surface area contributed by atoms with Gasteiger partial charge in [0.1, 0.15) is 0 Å². The van der Waals surface area contributed by atoms with Gasteiger partial charge in [0, 0.05) is 5.02 Å². The van der Waals surface area contributed by atoms with Crippen molar-refractivity contribution in [2.75, 3.05) is 7.05 Å². The molecule has 14 heavy (non-hydrogen) atoms. The Morgan fingerprint density at radius 1 is 1.29 bits per heavy atom. The second kappa shape index (κ2) is 6.01. The third-order valence-corrected chi connectivity index (χ3v) is 3.02. The van der Waals surface area contributed by atoms with Gasteiger partial charge >= 0.3 is 0 Å². The second-order valence-electron chi connectivity index (χ2n) is 2.16.